The van der Waals surface area contributed by atoms with Gasteiger partial charge in [0.15, 0.2) is 0 Å². The maximum Gasteiger partial charge on any atom is 0.317 e. The van der Waals surface area contributed by atoms with Crippen molar-refractivity contribution >= 4 is 16.9 Å². The molecule has 25 heavy (non-hydrogen) atoms. The van der Waals surface area contributed by atoms with Crippen LogP contribution in [0.2, 0.25) is 0 Å². The molecule has 2 aromatic heterocycles. The number of nitrogens with one attached hydrogen (secondary N) is 2. The highest BCUT2D eigenvalue weighted by Crippen LogP contribution is 2.24. The molecule has 2 N–H and O–H groups in total. The number of likely N-dealkylation sites (tertiary alicyclic amines) is 1. The summed E-state index contributed by atoms with van der Waals surface area (Å²) in [5, 5.41) is 4.28. The van der Waals surface area contributed by atoms with E-state index in [2.05, 4.69) is 44.2 Å². The lowest BCUT2D eigenvalue weighted by Gasteiger charge is -2.31. The highest BCUT2D eigenvalue weighted by atomic mass is 16.2. The van der Waals surface area contributed by atoms with Crippen LogP contribution in [0.3, 0.4) is 0 Å². The first-order valence-electron chi connectivity index (χ1n) is 8.87. The van der Waals surface area contributed by atoms with Crippen LogP contribution >= 0.6 is 0 Å². The Morgan fingerprint density at radius 2 is 2.24 bits per heavy atom. The van der Waals surface area contributed by atoms with Gasteiger partial charge in [-0.3, -0.25) is 0 Å². The highest BCUT2D eigenvalue weighted by Gasteiger charge is 2.25. The predicted molar refractivity (Wildman–Crippen MR) is 97.5 cm³/mol. The molecule has 1 saturated heterocycles. The van der Waals surface area contributed by atoms with E-state index in [1.807, 2.05) is 23.2 Å². The van der Waals surface area contributed by atoms with Crippen molar-refractivity contribution in [3.05, 3.63) is 54.7 Å². The first-order chi connectivity index (χ1) is 12.3. The van der Waals surface area contributed by atoms with Gasteiger partial charge in [0.2, 0.25) is 0 Å². The number of fused-ring (bicyclic) bond motifs is 1. The number of imidazole rings is 1. The lowest BCUT2D eigenvalue weighted by Crippen LogP contribution is -2.45. The number of amides is 2. The summed E-state index contributed by atoms with van der Waals surface area (Å²) in [4.78, 5) is 21.9. The minimum Gasteiger partial charge on any atom is -0.348 e. The number of carbonyl (C=O) groups excluding carboxylic acids is 1. The Hall–Kier alpha value is -2.76. The van der Waals surface area contributed by atoms with E-state index in [1.165, 1.54) is 10.9 Å². The van der Waals surface area contributed by atoms with Gasteiger partial charge in [-0.25, -0.2) is 9.78 Å². The van der Waals surface area contributed by atoms with Crippen LogP contribution in [0.5, 0.6) is 0 Å². The van der Waals surface area contributed by atoms with E-state index < -0.39 is 0 Å². The Kier molecular flexibility index (Phi) is 4.41. The van der Waals surface area contributed by atoms with Crippen LogP contribution in [0.4, 0.5) is 4.79 Å². The molecule has 130 valence electrons. The number of benzene rings is 1. The zero-order valence-corrected chi connectivity index (χ0v) is 14.2. The lowest BCUT2D eigenvalue weighted by atomic mass is 9.98. The molecular formula is C19H23N5O. The van der Waals surface area contributed by atoms with Gasteiger partial charge >= 0.3 is 6.03 Å². The number of para-hydroxylation sites is 1. The van der Waals surface area contributed by atoms with Crippen molar-refractivity contribution in [2.24, 2.45) is 0 Å². The van der Waals surface area contributed by atoms with Gasteiger partial charge in [-0.15, -0.1) is 0 Å². The van der Waals surface area contributed by atoms with Crippen LogP contribution in [0.15, 0.2) is 48.9 Å². The molecule has 1 aromatic carbocycles. The van der Waals surface area contributed by atoms with Crippen LogP contribution in [-0.4, -0.2) is 45.1 Å². The Morgan fingerprint density at radius 3 is 3.12 bits per heavy atom. The molecule has 0 spiro atoms. The second-order valence-electron chi connectivity index (χ2n) is 6.56. The van der Waals surface area contributed by atoms with Crippen LogP contribution in [-0.2, 0) is 6.54 Å². The average molecular weight is 337 g/mol. The second kappa shape index (κ2) is 7.01. The van der Waals surface area contributed by atoms with E-state index in [1.54, 1.807) is 6.20 Å². The molecule has 1 atom stereocenters. The van der Waals surface area contributed by atoms with Gasteiger partial charge in [0.1, 0.15) is 5.82 Å². The number of hydrogen-bond acceptors (Lipinski definition) is 2. The summed E-state index contributed by atoms with van der Waals surface area (Å²) < 4.78 is 2.18. The van der Waals surface area contributed by atoms with E-state index >= 15 is 0 Å². The number of aromatic nitrogens is 3. The summed E-state index contributed by atoms with van der Waals surface area (Å²) in [7, 11) is 0. The van der Waals surface area contributed by atoms with Gasteiger partial charge in [0.05, 0.1) is 0 Å². The van der Waals surface area contributed by atoms with Gasteiger partial charge in [-0.05, 0) is 30.4 Å². The van der Waals surface area contributed by atoms with Crippen molar-refractivity contribution in [3.8, 4) is 0 Å². The molecule has 1 aliphatic rings. The third kappa shape index (κ3) is 3.38. The molecule has 3 heterocycles. The van der Waals surface area contributed by atoms with Gasteiger partial charge in [0, 0.05) is 56.2 Å². The molecule has 6 heteroatoms. The van der Waals surface area contributed by atoms with E-state index in [4.69, 9.17) is 0 Å². The Balaban J connectivity index is 1.31. The zero-order valence-electron chi connectivity index (χ0n) is 14.2. The molecule has 0 saturated carbocycles. The summed E-state index contributed by atoms with van der Waals surface area (Å²) in [6.45, 7) is 2.94. The maximum absolute atomic E-state index is 12.5. The molecule has 1 fully saturated rings. The third-order valence-electron chi connectivity index (χ3n) is 4.92. The minimum absolute atomic E-state index is 0.0210. The van der Waals surface area contributed by atoms with Crippen molar-refractivity contribution in [1.29, 1.82) is 0 Å². The van der Waals surface area contributed by atoms with Crippen molar-refractivity contribution in [1.82, 2.24) is 24.8 Å². The summed E-state index contributed by atoms with van der Waals surface area (Å²) in [6.07, 6.45) is 7.78. The van der Waals surface area contributed by atoms with Gasteiger partial charge < -0.3 is 19.8 Å². The van der Waals surface area contributed by atoms with E-state index in [0.29, 0.717) is 12.5 Å². The number of carbonyl (C=O) groups is 1. The Labute approximate surface area is 146 Å². The standard InChI is InChI=1S/C19H23N5O/c25-19(24-11-3-5-16(14-24)18-20-8-9-21-18)22-10-13-23-12-7-15-4-1-2-6-17(15)23/h1-2,4,6-9,12,16H,3,5,10-11,13-14H2,(H,20,21)(H,22,25)/t16-/m1/s1. The van der Waals surface area contributed by atoms with Crippen molar-refractivity contribution in [3.63, 3.8) is 0 Å². The lowest BCUT2D eigenvalue weighted by molar-refractivity contribution is 0.178. The average Bonchev–Trinajstić information content (AvgIpc) is 3.32. The smallest absolute Gasteiger partial charge is 0.317 e. The normalized spacial score (nSPS) is 17.8. The predicted octanol–water partition coefficient (Wildman–Crippen LogP) is 2.95. The molecular weight excluding hydrogens is 314 g/mol. The van der Waals surface area contributed by atoms with Crippen LogP contribution in [0, 0.1) is 0 Å². The summed E-state index contributed by atoms with van der Waals surface area (Å²) in [5.41, 5.74) is 1.20. The molecule has 0 radical (unpaired) electrons. The Bertz CT molecular complexity index is 839. The number of rotatable bonds is 4. The monoisotopic (exact) mass is 337 g/mol. The minimum atomic E-state index is 0.0210. The highest BCUT2D eigenvalue weighted by molar-refractivity contribution is 5.80. The number of aromatic amines is 1. The molecule has 4 rings (SSSR count). The van der Waals surface area contributed by atoms with Crippen molar-refractivity contribution < 1.29 is 4.79 Å². The zero-order chi connectivity index (χ0) is 17.1. The summed E-state index contributed by atoms with van der Waals surface area (Å²) in [5.74, 6) is 1.29. The molecule has 0 aliphatic carbocycles. The van der Waals surface area contributed by atoms with E-state index in [-0.39, 0.29) is 6.03 Å². The van der Waals surface area contributed by atoms with Crippen LogP contribution in [0.1, 0.15) is 24.6 Å². The largest absolute Gasteiger partial charge is 0.348 e. The topological polar surface area (TPSA) is 66.0 Å². The first-order valence-corrected chi connectivity index (χ1v) is 8.87. The van der Waals surface area contributed by atoms with Gasteiger partial charge in [-0.1, -0.05) is 18.2 Å². The fourth-order valence-electron chi connectivity index (χ4n) is 3.62. The fraction of sp³-hybridized carbons (Fsp3) is 0.368. The Morgan fingerprint density at radius 1 is 1.32 bits per heavy atom. The number of piperidine rings is 1. The molecule has 3 aromatic rings. The molecule has 0 unspecified atom stereocenters. The molecule has 2 amide bonds. The summed E-state index contributed by atoms with van der Waals surface area (Å²) in [6, 6.07) is 10.4. The first kappa shape index (κ1) is 15.7. The van der Waals surface area contributed by atoms with Crippen molar-refractivity contribution in [2.75, 3.05) is 19.6 Å². The molecule has 6 nitrogen and oxygen atoms in total. The van der Waals surface area contributed by atoms with Gasteiger partial charge in [0.25, 0.3) is 0 Å². The molecule has 0 bridgehead atoms. The quantitative estimate of drug-likeness (QED) is 0.769. The van der Waals surface area contributed by atoms with Crippen molar-refractivity contribution in [2.45, 2.75) is 25.3 Å². The van der Waals surface area contributed by atoms with E-state index in [0.717, 1.165) is 38.3 Å². The van der Waals surface area contributed by atoms with Gasteiger partial charge in [-0.2, -0.15) is 0 Å². The van der Waals surface area contributed by atoms with E-state index in [9.17, 15) is 4.79 Å². The third-order valence-corrected chi connectivity index (χ3v) is 4.92. The maximum atomic E-state index is 12.5. The number of urea groups is 1. The number of H-pyrrole nitrogens is 1. The molecule has 1 aliphatic heterocycles. The van der Waals surface area contributed by atoms with Crippen LogP contribution in [0.25, 0.3) is 10.9 Å². The summed E-state index contributed by atoms with van der Waals surface area (Å²) >= 11 is 0. The second-order valence-corrected chi connectivity index (χ2v) is 6.56. The fourth-order valence-corrected chi connectivity index (χ4v) is 3.62. The number of hydrogen-bond donors (Lipinski definition) is 2. The SMILES string of the molecule is O=C(NCCn1ccc2ccccc21)N1CCC[C@@H](c2ncc[nH]2)C1. The van der Waals surface area contributed by atoms with Crippen LogP contribution < -0.4 is 5.32 Å². The number of nitrogens with zero attached hydrogens (tertiary/aromatic N) is 3.